The van der Waals surface area contributed by atoms with Crippen LogP contribution >= 0.6 is 0 Å². The Morgan fingerprint density at radius 2 is 1.06 bits per heavy atom. The minimum Gasteiger partial charge on any atom is -0.388 e. The Kier molecular flexibility index (Phi) is 16.7. The second-order valence-corrected chi connectivity index (χ2v) is 11.1. The van der Waals surface area contributed by atoms with Crippen LogP contribution in [0.15, 0.2) is 126 Å². The lowest BCUT2D eigenvalue weighted by Gasteiger charge is -2.34. The molecule has 47 heavy (non-hydrogen) atoms. The van der Waals surface area contributed by atoms with Crippen molar-refractivity contribution in [3.63, 3.8) is 0 Å². The van der Waals surface area contributed by atoms with Gasteiger partial charge < -0.3 is 33.6 Å². The number of aliphatic hydroxyl groups excluding tert-OH is 1. The van der Waals surface area contributed by atoms with Gasteiger partial charge in [0, 0.05) is 0 Å². The van der Waals surface area contributed by atoms with Crippen LogP contribution in [-0.2, 0) is 54.9 Å². The Balaban J connectivity index is 1.59. The summed E-state index contributed by atoms with van der Waals surface area (Å²) >= 11 is 0. The van der Waals surface area contributed by atoms with Gasteiger partial charge in [0.15, 0.2) is 0 Å². The summed E-state index contributed by atoms with van der Waals surface area (Å²) in [6.07, 6.45) is 0.0421. The minimum atomic E-state index is -1.06. The first-order chi connectivity index (χ1) is 23.2. The number of nitrogens with zero attached hydrogens (tertiary/aromatic N) is 1. The van der Waals surface area contributed by atoms with Crippen molar-refractivity contribution in [2.24, 2.45) is 5.16 Å². The molecule has 8 nitrogen and oxygen atoms in total. The normalized spacial score (nSPS) is 14.1. The quantitative estimate of drug-likeness (QED) is 0.0400. The molecule has 1 N–H and O–H groups in total. The molecule has 250 valence electrons. The lowest BCUT2D eigenvalue weighted by atomic mass is 10.0. The smallest absolute Gasteiger partial charge is 0.216 e. The highest BCUT2D eigenvalue weighted by atomic mass is 16.7. The van der Waals surface area contributed by atoms with E-state index < -0.39 is 24.4 Å². The molecule has 0 fully saturated rings. The van der Waals surface area contributed by atoms with Crippen molar-refractivity contribution < 1.29 is 33.6 Å². The third-order valence-electron chi connectivity index (χ3n) is 7.34. The van der Waals surface area contributed by atoms with E-state index in [0.717, 1.165) is 35.1 Å². The van der Waals surface area contributed by atoms with Gasteiger partial charge in [-0.2, -0.15) is 0 Å². The SMILES string of the molecule is CCCCOCO/N=C/[C@H](OCc1ccccc1)[C@@H](OCc1ccccc1)[C@H](OCc1ccccc1)[C@H](O)COCc1ccccc1. The Morgan fingerprint density at radius 1 is 0.596 bits per heavy atom. The Bertz CT molecular complexity index is 1360. The maximum absolute atomic E-state index is 11.7. The van der Waals surface area contributed by atoms with E-state index >= 15 is 0 Å². The van der Waals surface area contributed by atoms with Crippen LogP contribution in [0.1, 0.15) is 42.0 Å². The second kappa shape index (κ2) is 21.8. The second-order valence-electron chi connectivity index (χ2n) is 11.1. The standard InChI is InChI=1S/C39H47NO7/c1-2-3-24-42-31-47-40-25-37(44-27-33-18-10-5-11-19-33)39(46-29-35-22-14-7-15-23-35)38(45-28-34-20-12-6-13-21-34)36(41)30-43-26-32-16-8-4-9-17-32/h4-23,25,36-39,41H,2-3,24,26-31H2,1H3/b40-25+/t36-,37+,38-,39-/m1/s1. The average molecular weight is 642 g/mol. The lowest BCUT2D eigenvalue weighted by Crippen LogP contribution is -2.50. The minimum absolute atomic E-state index is 0.0152. The molecule has 4 atom stereocenters. The van der Waals surface area contributed by atoms with Gasteiger partial charge in [-0.15, -0.1) is 0 Å². The predicted molar refractivity (Wildman–Crippen MR) is 182 cm³/mol. The van der Waals surface area contributed by atoms with Gasteiger partial charge in [-0.1, -0.05) is 140 Å². The Labute approximate surface area is 278 Å². The molecular formula is C39H47NO7. The van der Waals surface area contributed by atoms with Crippen molar-refractivity contribution in [1.29, 1.82) is 0 Å². The van der Waals surface area contributed by atoms with E-state index in [1.54, 1.807) is 6.21 Å². The van der Waals surface area contributed by atoms with Crippen LogP contribution < -0.4 is 0 Å². The predicted octanol–water partition coefficient (Wildman–Crippen LogP) is 7.10. The molecule has 0 aliphatic rings. The summed E-state index contributed by atoms with van der Waals surface area (Å²) in [4.78, 5) is 5.44. The Hall–Kier alpha value is -3.89. The van der Waals surface area contributed by atoms with E-state index in [1.807, 2.05) is 121 Å². The molecule has 0 spiro atoms. The zero-order chi connectivity index (χ0) is 32.8. The van der Waals surface area contributed by atoms with E-state index in [9.17, 15) is 5.11 Å². The molecule has 0 radical (unpaired) electrons. The van der Waals surface area contributed by atoms with Crippen LogP contribution in [-0.4, -0.2) is 55.7 Å². The van der Waals surface area contributed by atoms with E-state index in [1.165, 1.54) is 0 Å². The molecule has 4 rings (SSSR count). The maximum atomic E-state index is 11.7. The first-order valence-corrected chi connectivity index (χ1v) is 16.2. The van der Waals surface area contributed by atoms with Crippen molar-refractivity contribution in [2.75, 3.05) is 20.0 Å². The molecule has 0 heterocycles. The molecule has 0 amide bonds. The molecule has 0 aliphatic carbocycles. The molecular weight excluding hydrogens is 594 g/mol. The van der Waals surface area contributed by atoms with E-state index in [2.05, 4.69) is 12.1 Å². The fourth-order valence-electron chi connectivity index (χ4n) is 4.77. The summed E-state index contributed by atoms with van der Waals surface area (Å²) in [5.74, 6) is 0. The van der Waals surface area contributed by atoms with Crippen LogP contribution in [0.2, 0.25) is 0 Å². The van der Waals surface area contributed by atoms with Crippen molar-refractivity contribution in [3.8, 4) is 0 Å². The van der Waals surface area contributed by atoms with Gasteiger partial charge in [0.2, 0.25) is 6.79 Å². The van der Waals surface area contributed by atoms with Crippen LogP contribution in [0.3, 0.4) is 0 Å². The van der Waals surface area contributed by atoms with E-state index in [0.29, 0.717) is 13.2 Å². The number of hydrogen-bond donors (Lipinski definition) is 1. The zero-order valence-electron chi connectivity index (χ0n) is 27.1. The first kappa shape index (κ1) is 36.0. The molecule has 0 unspecified atom stereocenters. The largest absolute Gasteiger partial charge is 0.388 e. The molecule has 4 aromatic carbocycles. The van der Waals surface area contributed by atoms with Crippen molar-refractivity contribution in [2.45, 2.75) is 70.6 Å². The Morgan fingerprint density at radius 3 is 1.57 bits per heavy atom. The third-order valence-corrected chi connectivity index (χ3v) is 7.34. The summed E-state index contributed by atoms with van der Waals surface area (Å²) in [6, 6.07) is 39.4. The van der Waals surface area contributed by atoms with Crippen LogP contribution in [0.5, 0.6) is 0 Å². The average Bonchev–Trinajstić information content (AvgIpc) is 3.12. The fraction of sp³-hybridized carbons (Fsp3) is 0.359. The molecule has 0 saturated carbocycles. The number of rotatable bonds is 23. The molecule has 8 heteroatoms. The van der Waals surface area contributed by atoms with Crippen LogP contribution in [0, 0.1) is 0 Å². The van der Waals surface area contributed by atoms with Gasteiger partial charge in [-0.05, 0) is 28.7 Å². The number of hydrogen-bond acceptors (Lipinski definition) is 8. The highest BCUT2D eigenvalue weighted by Crippen LogP contribution is 2.21. The summed E-state index contributed by atoms with van der Waals surface area (Å²) in [5, 5.41) is 15.9. The van der Waals surface area contributed by atoms with Crippen molar-refractivity contribution in [1.82, 2.24) is 0 Å². The number of aliphatic hydroxyl groups is 1. The monoisotopic (exact) mass is 641 g/mol. The lowest BCUT2D eigenvalue weighted by molar-refractivity contribution is -0.174. The van der Waals surface area contributed by atoms with Crippen molar-refractivity contribution in [3.05, 3.63) is 144 Å². The highest BCUT2D eigenvalue weighted by molar-refractivity contribution is 5.63. The fourth-order valence-corrected chi connectivity index (χ4v) is 4.77. The molecule has 0 saturated heterocycles. The maximum Gasteiger partial charge on any atom is 0.216 e. The summed E-state index contributed by atoms with van der Waals surface area (Å²) < 4.78 is 31.0. The van der Waals surface area contributed by atoms with Gasteiger partial charge in [0.1, 0.15) is 24.4 Å². The first-order valence-electron chi connectivity index (χ1n) is 16.2. The molecule has 0 aromatic heterocycles. The molecule has 4 aromatic rings. The summed E-state index contributed by atoms with van der Waals surface area (Å²) in [7, 11) is 0. The van der Waals surface area contributed by atoms with Crippen LogP contribution in [0.4, 0.5) is 0 Å². The molecule has 0 bridgehead atoms. The highest BCUT2D eigenvalue weighted by Gasteiger charge is 2.37. The van der Waals surface area contributed by atoms with E-state index in [4.69, 9.17) is 28.5 Å². The zero-order valence-corrected chi connectivity index (χ0v) is 27.1. The molecule has 0 aliphatic heterocycles. The number of benzene rings is 4. The number of oxime groups is 1. The van der Waals surface area contributed by atoms with Crippen LogP contribution in [0.25, 0.3) is 0 Å². The van der Waals surface area contributed by atoms with Gasteiger partial charge in [0.25, 0.3) is 0 Å². The van der Waals surface area contributed by atoms with Gasteiger partial charge in [-0.25, -0.2) is 0 Å². The van der Waals surface area contributed by atoms with Gasteiger partial charge >= 0.3 is 0 Å². The summed E-state index contributed by atoms with van der Waals surface area (Å²) in [5.41, 5.74) is 3.91. The number of ether oxygens (including phenoxy) is 5. The van der Waals surface area contributed by atoms with E-state index in [-0.39, 0.29) is 33.2 Å². The number of unbranched alkanes of at least 4 members (excludes halogenated alkanes) is 1. The third kappa shape index (κ3) is 13.8. The van der Waals surface area contributed by atoms with Crippen molar-refractivity contribution >= 4 is 6.21 Å². The summed E-state index contributed by atoms with van der Waals surface area (Å²) in [6.45, 7) is 3.86. The van der Waals surface area contributed by atoms with Gasteiger partial charge in [0.05, 0.1) is 45.9 Å². The topological polar surface area (TPSA) is 88.0 Å². The van der Waals surface area contributed by atoms with Gasteiger partial charge in [-0.3, -0.25) is 0 Å².